The molecule has 2 amide bonds. The Balaban J connectivity index is 1.47. The Hall–Kier alpha value is -3.47. The predicted molar refractivity (Wildman–Crippen MR) is 147 cm³/mol. The van der Waals surface area contributed by atoms with Gasteiger partial charge in [-0.3, -0.25) is 19.3 Å². The maximum absolute atomic E-state index is 13.1. The second-order valence-corrected chi connectivity index (χ2v) is 11.0. The van der Waals surface area contributed by atoms with Crippen molar-refractivity contribution in [1.82, 2.24) is 24.8 Å². The molecular formula is C26H27ClN6O3S. The number of imidazole rings is 1. The molecule has 0 spiro atoms. The highest BCUT2D eigenvalue weighted by Gasteiger charge is 2.39. The molecule has 0 saturated carbocycles. The summed E-state index contributed by atoms with van der Waals surface area (Å²) in [7, 11) is 3.80. The summed E-state index contributed by atoms with van der Waals surface area (Å²) in [6.45, 7) is 4.44. The van der Waals surface area contributed by atoms with Gasteiger partial charge >= 0.3 is 0 Å². The molecule has 4 aromatic rings. The molecule has 4 heterocycles. The number of aromatic amines is 2. The van der Waals surface area contributed by atoms with Gasteiger partial charge in [0.05, 0.1) is 38.9 Å². The first-order chi connectivity index (χ1) is 17.6. The highest BCUT2D eigenvalue weighted by atomic mass is 35.5. The molecule has 0 bridgehead atoms. The van der Waals surface area contributed by atoms with Gasteiger partial charge in [0.15, 0.2) is 0 Å². The maximum atomic E-state index is 13.1. The van der Waals surface area contributed by atoms with Gasteiger partial charge in [0.25, 0.3) is 17.4 Å². The molecule has 37 heavy (non-hydrogen) atoms. The molecule has 2 atom stereocenters. The topological polar surface area (TPSA) is 114 Å². The normalized spacial score (nSPS) is 15.0. The molecule has 192 valence electrons. The summed E-state index contributed by atoms with van der Waals surface area (Å²) < 4.78 is 0. The van der Waals surface area contributed by atoms with Gasteiger partial charge in [-0.15, -0.1) is 11.3 Å². The third kappa shape index (κ3) is 4.68. The number of anilines is 1. The van der Waals surface area contributed by atoms with Gasteiger partial charge in [-0.1, -0.05) is 11.6 Å². The lowest BCUT2D eigenvalue weighted by molar-refractivity contribution is 0.0576. The molecule has 3 aromatic heterocycles. The van der Waals surface area contributed by atoms with E-state index in [0.29, 0.717) is 52.2 Å². The standard InChI is InChI=1S/C26H27ClN6O3S/c1-13(9-21-17(27)6-8-37-21)29-18-5-7-28-24(34)22(18)23-30-19-10-15-16(11-20(19)31-23)26(36)33(25(15)35)14(2)12-32(3)4/h5-8,10-11,13-14H,9,12H2,1-4H3,(H,30,31)(H2,28,29,34)/t13-,14-/m0/s1. The first-order valence-electron chi connectivity index (χ1n) is 11.9. The van der Waals surface area contributed by atoms with Gasteiger partial charge in [0, 0.05) is 30.1 Å². The highest BCUT2D eigenvalue weighted by Crippen LogP contribution is 2.31. The monoisotopic (exact) mass is 538 g/mol. The Kier molecular flexibility index (Phi) is 6.65. The number of hydrogen-bond acceptors (Lipinski definition) is 7. The van der Waals surface area contributed by atoms with Crippen molar-refractivity contribution in [3.8, 4) is 11.4 Å². The number of hydrogen-bond donors (Lipinski definition) is 3. The van der Waals surface area contributed by atoms with E-state index in [1.165, 1.54) is 4.90 Å². The molecule has 9 nitrogen and oxygen atoms in total. The van der Waals surface area contributed by atoms with Gasteiger partial charge in [-0.2, -0.15) is 0 Å². The number of likely N-dealkylation sites (N-methyl/N-ethyl adjacent to an activating group) is 1. The highest BCUT2D eigenvalue weighted by molar-refractivity contribution is 7.10. The summed E-state index contributed by atoms with van der Waals surface area (Å²) in [6, 6.07) is 6.65. The van der Waals surface area contributed by atoms with Crippen LogP contribution in [0.1, 0.15) is 39.4 Å². The number of amides is 2. The fourth-order valence-corrected chi connectivity index (χ4v) is 6.03. The van der Waals surface area contributed by atoms with E-state index in [1.807, 2.05) is 44.3 Å². The number of imide groups is 1. The lowest BCUT2D eigenvalue weighted by Gasteiger charge is -2.25. The van der Waals surface area contributed by atoms with Gasteiger partial charge in [-0.25, -0.2) is 4.98 Å². The van der Waals surface area contributed by atoms with Crippen LogP contribution in [0.25, 0.3) is 22.4 Å². The second kappa shape index (κ2) is 9.77. The molecule has 1 aliphatic heterocycles. The van der Waals surface area contributed by atoms with Crippen molar-refractivity contribution in [3.63, 3.8) is 0 Å². The van der Waals surface area contributed by atoms with E-state index in [4.69, 9.17) is 11.6 Å². The molecule has 0 fully saturated rings. The molecule has 0 aliphatic carbocycles. The van der Waals surface area contributed by atoms with Crippen LogP contribution in [0.5, 0.6) is 0 Å². The van der Waals surface area contributed by atoms with Crippen molar-refractivity contribution < 1.29 is 9.59 Å². The summed E-state index contributed by atoms with van der Waals surface area (Å²) in [4.78, 5) is 53.9. The van der Waals surface area contributed by atoms with Gasteiger partial charge in [0.1, 0.15) is 11.4 Å². The van der Waals surface area contributed by atoms with Crippen LogP contribution in [-0.2, 0) is 6.42 Å². The molecule has 11 heteroatoms. The fraction of sp³-hybridized carbons (Fsp3) is 0.308. The van der Waals surface area contributed by atoms with Crippen molar-refractivity contribution in [3.05, 3.63) is 67.2 Å². The quantitative estimate of drug-likeness (QED) is 0.289. The number of carbonyl (C=O) groups is 2. The number of nitrogens with one attached hydrogen (secondary N) is 3. The SMILES string of the molecule is C[C@@H](Cc1sccc1Cl)Nc1cc[nH]c(=O)c1-c1nc2cc3c(cc2[nH]1)C(=O)N([C@@H](C)CN(C)C)C3=O. The first kappa shape index (κ1) is 25.2. The van der Waals surface area contributed by atoms with Crippen LogP contribution >= 0.6 is 22.9 Å². The summed E-state index contributed by atoms with van der Waals surface area (Å²) >= 11 is 7.85. The average Bonchev–Trinajstić information content (AvgIpc) is 3.48. The van der Waals surface area contributed by atoms with Crippen LogP contribution in [-0.4, -0.2) is 69.3 Å². The lowest BCUT2D eigenvalue weighted by atomic mass is 10.1. The molecule has 0 unspecified atom stereocenters. The smallest absolute Gasteiger partial charge is 0.261 e. The Bertz CT molecular complexity index is 1520. The van der Waals surface area contributed by atoms with E-state index in [-0.39, 0.29) is 29.5 Å². The fourth-order valence-electron chi connectivity index (χ4n) is 4.79. The van der Waals surface area contributed by atoms with Crippen LogP contribution in [0.15, 0.2) is 40.6 Å². The zero-order valence-electron chi connectivity index (χ0n) is 20.9. The van der Waals surface area contributed by atoms with Crippen LogP contribution in [0.2, 0.25) is 5.02 Å². The average molecular weight is 539 g/mol. The summed E-state index contributed by atoms with van der Waals surface area (Å²) in [5.74, 6) is -0.308. The Morgan fingerprint density at radius 3 is 2.54 bits per heavy atom. The molecule has 1 aromatic carbocycles. The first-order valence-corrected chi connectivity index (χ1v) is 13.2. The zero-order chi connectivity index (χ0) is 26.4. The molecular weight excluding hydrogens is 512 g/mol. The van der Waals surface area contributed by atoms with Crippen molar-refractivity contribution in [2.24, 2.45) is 0 Å². The molecule has 1 aliphatic rings. The van der Waals surface area contributed by atoms with Crippen molar-refractivity contribution in [1.29, 1.82) is 0 Å². The molecule has 3 N–H and O–H groups in total. The van der Waals surface area contributed by atoms with E-state index in [0.717, 1.165) is 9.90 Å². The number of H-pyrrole nitrogens is 2. The van der Waals surface area contributed by atoms with Crippen LogP contribution in [0, 0.1) is 0 Å². The maximum Gasteiger partial charge on any atom is 0.261 e. The Morgan fingerprint density at radius 1 is 1.14 bits per heavy atom. The number of benzene rings is 1. The third-order valence-electron chi connectivity index (χ3n) is 6.37. The van der Waals surface area contributed by atoms with Crippen LogP contribution in [0.4, 0.5) is 5.69 Å². The van der Waals surface area contributed by atoms with Crippen molar-refractivity contribution in [2.45, 2.75) is 32.4 Å². The van der Waals surface area contributed by atoms with Crippen molar-refractivity contribution in [2.75, 3.05) is 26.0 Å². The predicted octanol–water partition coefficient (Wildman–Crippen LogP) is 4.22. The number of thiophene rings is 1. The van der Waals surface area contributed by atoms with Gasteiger partial charge in [-0.05, 0) is 57.6 Å². The van der Waals surface area contributed by atoms with E-state index < -0.39 is 0 Å². The van der Waals surface area contributed by atoms with Gasteiger partial charge < -0.3 is 20.2 Å². The third-order valence-corrected chi connectivity index (χ3v) is 7.78. The number of halogens is 1. The minimum atomic E-state index is -0.332. The number of carbonyl (C=O) groups excluding carboxylic acids is 2. The zero-order valence-corrected chi connectivity index (χ0v) is 22.5. The molecule has 0 radical (unpaired) electrons. The minimum absolute atomic E-state index is 0.00439. The number of pyridine rings is 1. The number of nitrogens with zero attached hydrogens (tertiary/aromatic N) is 3. The molecule has 0 saturated heterocycles. The van der Waals surface area contributed by atoms with E-state index in [1.54, 1.807) is 35.7 Å². The summed E-state index contributed by atoms with van der Waals surface area (Å²) in [5, 5.41) is 6.08. The van der Waals surface area contributed by atoms with Crippen LogP contribution in [0.3, 0.4) is 0 Å². The summed E-state index contributed by atoms with van der Waals surface area (Å²) in [6.07, 6.45) is 2.28. The van der Waals surface area contributed by atoms with E-state index in [9.17, 15) is 14.4 Å². The minimum Gasteiger partial charge on any atom is -0.381 e. The Morgan fingerprint density at radius 2 is 1.86 bits per heavy atom. The largest absolute Gasteiger partial charge is 0.381 e. The lowest BCUT2D eigenvalue weighted by Crippen LogP contribution is -2.43. The van der Waals surface area contributed by atoms with Gasteiger partial charge in [0.2, 0.25) is 0 Å². The van der Waals surface area contributed by atoms with E-state index >= 15 is 0 Å². The molecule has 5 rings (SSSR count). The Labute approximate surface area is 222 Å². The van der Waals surface area contributed by atoms with Crippen molar-refractivity contribution >= 4 is 51.5 Å². The number of aromatic nitrogens is 3. The van der Waals surface area contributed by atoms with Crippen LogP contribution < -0.4 is 10.9 Å². The number of fused-ring (bicyclic) bond motifs is 2. The summed E-state index contributed by atoms with van der Waals surface area (Å²) in [5.41, 5.74) is 2.39. The second-order valence-electron chi connectivity index (χ2n) is 9.63. The van der Waals surface area contributed by atoms with E-state index in [2.05, 4.69) is 20.3 Å². The number of rotatable bonds is 8.